The molecule has 0 fully saturated rings. The Morgan fingerprint density at radius 1 is 1.11 bits per heavy atom. The zero-order valence-electron chi connectivity index (χ0n) is 16.3. The fraction of sp³-hybridized carbons (Fsp3) is 0.348. The minimum Gasteiger partial charge on any atom is -0.494 e. The van der Waals surface area contributed by atoms with Crippen LogP contribution in [0, 0.1) is 0 Å². The Bertz CT molecular complexity index is 1010. The van der Waals surface area contributed by atoms with Gasteiger partial charge in [0.2, 0.25) is 0 Å². The van der Waals surface area contributed by atoms with Gasteiger partial charge in [-0.2, -0.15) is 0 Å². The van der Waals surface area contributed by atoms with Gasteiger partial charge in [-0.15, -0.1) is 0 Å². The van der Waals surface area contributed by atoms with Gasteiger partial charge in [-0.25, -0.2) is 0 Å². The molecule has 1 aliphatic carbocycles. The SMILES string of the molecule is CN(C)CCCOc1ccc2c(c1)C(C)(C)c1oc3ccccc3c1C2=O. The molecule has 1 aromatic heterocycles. The molecule has 0 saturated carbocycles. The van der Waals surface area contributed by atoms with Crippen LogP contribution in [0.15, 0.2) is 46.9 Å². The Hall–Kier alpha value is -2.59. The number of carbonyl (C=O) groups excluding carboxylic acids is 1. The largest absolute Gasteiger partial charge is 0.494 e. The second kappa shape index (κ2) is 6.54. The number of furan rings is 1. The van der Waals surface area contributed by atoms with Gasteiger partial charge in [-0.3, -0.25) is 4.79 Å². The Morgan fingerprint density at radius 2 is 1.89 bits per heavy atom. The monoisotopic (exact) mass is 363 g/mol. The lowest BCUT2D eigenvalue weighted by Crippen LogP contribution is -2.29. The van der Waals surface area contributed by atoms with Gasteiger partial charge >= 0.3 is 0 Å². The van der Waals surface area contributed by atoms with E-state index < -0.39 is 5.41 Å². The van der Waals surface area contributed by atoms with Crippen LogP contribution >= 0.6 is 0 Å². The van der Waals surface area contributed by atoms with Crippen molar-refractivity contribution in [2.45, 2.75) is 25.7 Å². The molecule has 3 aromatic rings. The summed E-state index contributed by atoms with van der Waals surface area (Å²) in [7, 11) is 4.11. The van der Waals surface area contributed by atoms with Crippen molar-refractivity contribution in [3.63, 3.8) is 0 Å². The second-order valence-corrected chi connectivity index (χ2v) is 7.97. The molecule has 2 aromatic carbocycles. The van der Waals surface area contributed by atoms with Crippen molar-refractivity contribution in [2.24, 2.45) is 0 Å². The lowest BCUT2D eigenvalue weighted by atomic mass is 9.72. The van der Waals surface area contributed by atoms with Gasteiger partial charge in [0.05, 0.1) is 12.2 Å². The summed E-state index contributed by atoms with van der Waals surface area (Å²) in [6.45, 7) is 5.85. The second-order valence-electron chi connectivity index (χ2n) is 7.97. The molecular weight excluding hydrogens is 338 g/mol. The van der Waals surface area contributed by atoms with Gasteiger partial charge < -0.3 is 14.1 Å². The highest BCUT2D eigenvalue weighted by molar-refractivity contribution is 6.19. The first-order valence-electron chi connectivity index (χ1n) is 9.38. The third-order valence-corrected chi connectivity index (χ3v) is 5.32. The number of hydrogen-bond acceptors (Lipinski definition) is 4. The average molecular weight is 363 g/mol. The number of carbonyl (C=O) groups is 1. The number of rotatable bonds is 5. The first-order chi connectivity index (χ1) is 12.9. The van der Waals surface area contributed by atoms with E-state index in [-0.39, 0.29) is 5.78 Å². The average Bonchev–Trinajstić information content (AvgIpc) is 3.04. The standard InChI is InChI=1S/C23H25NO3/c1-23(2)18-14-15(26-13-7-12-24(3)4)10-11-16(18)21(25)20-17-8-5-6-9-19(17)27-22(20)23/h5-6,8-11,14H,7,12-13H2,1-4H3. The highest BCUT2D eigenvalue weighted by atomic mass is 16.5. The number of benzene rings is 2. The molecule has 140 valence electrons. The lowest BCUT2D eigenvalue weighted by molar-refractivity contribution is 0.102. The summed E-state index contributed by atoms with van der Waals surface area (Å²) in [5.41, 5.74) is 2.75. The van der Waals surface area contributed by atoms with Crippen molar-refractivity contribution in [3.05, 3.63) is 64.9 Å². The molecule has 0 aliphatic heterocycles. The van der Waals surface area contributed by atoms with E-state index in [0.717, 1.165) is 46.6 Å². The van der Waals surface area contributed by atoms with Gasteiger partial charge in [-0.1, -0.05) is 18.2 Å². The molecule has 0 bridgehead atoms. The minimum atomic E-state index is -0.402. The molecule has 4 rings (SSSR count). The molecule has 0 atom stereocenters. The van der Waals surface area contributed by atoms with Crippen molar-refractivity contribution >= 4 is 16.8 Å². The first-order valence-corrected chi connectivity index (χ1v) is 9.38. The maximum Gasteiger partial charge on any atom is 0.197 e. The van der Waals surface area contributed by atoms with Crippen molar-refractivity contribution in [1.82, 2.24) is 4.90 Å². The minimum absolute atomic E-state index is 0.0310. The topological polar surface area (TPSA) is 42.7 Å². The van der Waals surface area contributed by atoms with E-state index in [0.29, 0.717) is 12.2 Å². The molecule has 0 amide bonds. The van der Waals surface area contributed by atoms with Gasteiger partial charge in [-0.05, 0) is 64.2 Å². The van der Waals surface area contributed by atoms with Crippen molar-refractivity contribution in [2.75, 3.05) is 27.2 Å². The fourth-order valence-corrected chi connectivity index (χ4v) is 3.87. The highest BCUT2D eigenvalue weighted by Gasteiger charge is 2.41. The summed E-state index contributed by atoms with van der Waals surface area (Å²) in [6.07, 6.45) is 0.958. The van der Waals surface area contributed by atoms with E-state index in [1.807, 2.05) is 42.5 Å². The molecule has 0 N–H and O–H groups in total. The van der Waals surface area contributed by atoms with Crippen LogP contribution in [0.25, 0.3) is 11.0 Å². The first kappa shape index (κ1) is 17.8. The summed E-state index contributed by atoms with van der Waals surface area (Å²) in [4.78, 5) is 15.4. The van der Waals surface area contributed by atoms with Crippen molar-refractivity contribution in [3.8, 4) is 5.75 Å². The van der Waals surface area contributed by atoms with E-state index in [2.05, 4.69) is 32.8 Å². The summed E-state index contributed by atoms with van der Waals surface area (Å²) in [5.74, 6) is 1.57. The normalized spacial score (nSPS) is 15.1. The van der Waals surface area contributed by atoms with Crippen LogP contribution in [0.5, 0.6) is 5.75 Å². The van der Waals surface area contributed by atoms with Crippen LogP contribution in [0.2, 0.25) is 0 Å². The van der Waals surface area contributed by atoms with Crippen LogP contribution in [-0.2, 0) is 5.41 Å². The number of ether oxygens (including phenoxy) is 1. The van der Waals surface area contributed by atoms with Crippen LogP contribution < -0.4 is 4.74 Å². The molecular formula is C23H25NO3. The number of para-hydroxylation sites is 1. The Morgan fingerprint density at radius 3 is 2.67 bits per heavy atom. The van der Waals surface area contributed by atoms with Gasteiger partial charge in [0.15, 0.2) is 5.78 Å². The molecule has 0 radical (unpaired) electrons. The quantitative estimate of drug-likeness (QED) is 0.620. The smallest absolute Gasteiger partial charge is 0.197 e. The van der Waals surface area contributed by atoms with Crippen molar-refractivity contribution in [1.29, 1.82) is 0 Å². The molecule has 0 unspecified atom stereocenters. The predicted molar refractivity (Wildman–Crippen MR) is 107 cm³/mol. The zero-order chi connectivity index (χ0) is 19.2. The predicted octanol–water partition coefficient (Wildman–Crippen LogP) is 4.63. The maximum atomic E-state index is 13.2. The molecule has 4 heteroatoms. The van der Waals surface area contributed by atoms with Crippen LogP contribution in [0.1, 0.15) is 47.5 Å². The van der Waals surface area contributed by atoms with Crippen molar-refractivity contribution < 1.29 is 13.9 Å². The third-order valence-electron chi connectivity index (χ3n) is 5.32. The summed E-state index contributed by atoms with van der Waals surface area (Å²) < 4.78 is 12.1. The Balaban J connectivity index is 1.71. The van der Waals surface area contributed by atoms with Gasteiger partial charge in [0.1, 0.15) is 17.1 Å². The molecule has 1 aliphatic rings. The molecule has 27 heavy (non-hydrogen) atoms. The number of nitrogens with zero attached hydrogens (tertiary/aromatic N) is 1. The Labute approximate surface area is 159 Å². The molecule has 0 saturated heterocycles. The zero-order valence-corrected chi connectivity index (χ0v) is 16.3. The van der Waals surface area contributed by atoms with E-state index in [9.17, 15) is 4.79 Å². The third kappa shape index (κ3) is 2.94. The summed E-state index contributed by atoms with van der Waals surface area (Å²) in [5, 5.41) is 0.889. The van der Waals surface area contributed by atoms with Gasteiger partial charge in [0, 0.05) is 22.9 Å². The number of hydrogen-bond donors (Lipinski definition) is 0. The highest BCUT2D eigenvalue weighted by Crippen LogP contribution is 2.46. The van der Waals surface area contributed by atoms with Gasteiger partial charge in [0.25, 0.3) is 0 Å². The fourth-order valence-electron chi connectivity index (χ4n) is 3.87. The summed E-state index contributed by atoms with van der Waals surface area (Å²) >= 11 is 0. The Kier molecular flexibility index (Phi) is 4.31. The van der Waals surface area contributed by atoms with Crippen LogP contribution in [0.4, 0.5) is 0 Å². The van der Waals surface area contributed by atoms with E-state index in [1.165, 1.54) is 0 Å². The maximum absolute atomic E-state index is 13.2. The number of ketones is 1. The van der Waals surface area contributed by atoms with E-state index >= 15 is 0 Å². The van der Waals surface area contributed by atoms with E-state index in [4.69, 9.17) is 9.15 Å². The molecule has 0 spiro atoms. The molecule has 1 heterocycles. The van der Waals surface area contributed by atoms with Crippen LogP contribution in [0.3, 0.4) is 0 Å². The number of fused-ring (bicyclic) bond motifs is 4. The lowest BCUT2D eigenvalue weighted by Gasteiger charge is -2.30. The van der Waals surface area contributed by atoms with Crippen LogP contribution in [-0.4, -0.2) is 37.9 Å². The summed E-state index contributed by atoms with van der Waals surface area (Å²) in [6, 6.07) is 13.5. The molecule has 4 nitrogen and oxygen atoms in total. The van der Waals surface area contributed by atoms with E-state index in [1.54, 1.807) is 0 Å².